The van der Waals surface area contributed by atoms with Crippen LogP contribution >= 0.6 is 11.3 Å². The van der Waals surface area contributed by atoms with Gasteiger partial charge in [0.2, 0.25) is 0 Å². The van der Waals surface area contributed by atoms with E-state index in [2.05, 4.69) is 15.5 Å². The van der Waals surface area contributed by atoms with Gasteiger partial charge in [-0.1, -0.05) is 17.7 Å². The molecule has 3 N–H and O–H groups in total. The van der Waals surface area contributed by atoms with Crippen LogP contribution in [-0.4, -0.2) is 46.0 Å². The van der Waals surface area contributed by atoms with Crippen LogP contribution in [0.3, 0.4) is 0 Å². The highest BCUT2D eigenvalue weighted by molar-refractivity contribution is 7.21. The highest BCUT2D eigenvalue weighted by atomic mass is 32.1. The fourth-order valence-electron chi connectivity index (χ4n) is 3.60. The van der Waals surface area contributed by atoms with E-state index in [9.17, 15) is 9.59 Å². The van der Waals surface area contributed by atoms with Crippen molar-refractivity contribution in [3.63, 3.8) is 0 Å². The summed E-state index contributed by atoms with van der Waals surface area (Å²) in [4.78, 5) is 28.4. The summed E-state index contributed by atoms with van der Waals surface area (Å²) in [5.41, 5.74) is 10.2. The van der Waals surface area contributed by atoms with Crippen LogP contribution in [0.15, 0.2) is 24.3 Å². The lowest BCUT2D eigenvalue weighted by atomic mass is 10.1. The van der Waals surface area contributed by atoms with Gasteiger partial charge in [-0.3, -0.25) is 9.59 Å². The van der Waals surface area contributed by atoms with E-state index in [1.54, 1.807) is 4.90 Å². The van der Waals surface area contributed by atoms with Crippen LogP contribution in [0, 0.1) is 20.8 Å². The molecule has 8 heteroatoms. The molecule has 3 heterocycles. The summed E-state index contributed by atoms with van der Waals surface area (Å²) >= 11 is 1.25. The largest absolute Gasteiger partial charge is 0.397 e. The number of nitrogens with two attached hydrogens (primary N) is 1. The van der Waals surface area contributed by atoms with E-state index in [1.165, 1.54) is 11.3 Å². The Labute approximate surface area is 172 Å². The number of thiophene rings is 1. The predicted octanol–water partition coefficient (Wildman–Crippen LogP) is 2.84. The maximum Gasteiger partial charge on any atom is 0.263 e. The molecule has 1 aromatic carbocycles. The highest BCUT2D eigenvalue weighted by Gasteiger charge is 2.29. The summed E-state index contributed by atoms with van der Waals surface area (Å²) < 4.78 is 0. The van der Waals surface area contributed by atoms with E-state index < -0.39 is 0 Å². The zero-order valence-electron chi connectivity index (χ0n) is 16.7. The third-order valence-corrected chi connectivity index (χ3v) is 6.54. The molecule has 0 bridgehead atoms. The quantitative estimate of drug-likeness (QED) is 0.693. The van der Waals surface area contributed by atoms with Crippen LogP contribution in [0.4, 0.5) is 5.69 Å². The van der Waals surface area contributed by atoms with Crippen molar-refractivity contribution in [2.24, 2.45) is 0 Å². The first-order valence-corrected chi connectivity index (χ1v) is 10.4. The molecule has 150 valence electrons. The van der Waals surface area contributed by atoms with Crippen molar-refractivity contribution in [3.05, 3.63) is 51.5 Å². The maximum atomic E-state index is 12.8. The highest BCUT2D eigenvalue weighted by Crippen LogP contribution is 2.34. The van der Waals surface area contributed by atoms with E-state index in [0.29, 0.717) is 40.5 Å². The van der Waals surface area contributed by atoms with Crippen LogP contribution in [0.1, 0.15) is 43.3 Å². The second-order valence-corrected chi connectivity index (χ2v) is 8.51. The number of likely N-dealkylation sites (tertiary alicyclic amines) is 1. The molecule has 2 aromatic heterocycles. The molecular formula is C21H23N5O2S. The fraction of sp³-hybridized carbons (Fsp3) is 0.333. The van der Waals surface area contributed by atoms with Crippen molar-refractivity contribution in [1.82, 2.24) is 20.4 Å². The molecule has 0 spiro atoms. The smallest absolute Gasteiger partial charge is 0.263 e. The third kappa shape index (κ3) is 3.55. The number of nitrogen functional groups attached to an aromatic ring is 1. The average Bonchev–Trinajstić information content (AvgIpc) is 3.29. The van der Waals surface area contributed by atoms with Crippen molar-refractivity contribution in [2.75, 3.05) is 18.8 Å². The Hall–Kier alpha value is -3.00. The Bertz CT molecular complexity index is 1110. The molecule has 1 fully saturated rings. The Balaban J connectivity index is 1.46. The van der Waals surface area contributed by atoms with Gasteiger partial charge in [-0.2, -0.15) is 5.10 Å². The normalized spacial score (nSPS) is 16.4. The molecule has 1 aliphatic rings. The lowest BCUT2D eigenvalue weighted by Crippen LogP contribution is -2.38. The minimum atomic E-state index is -0.225. The number of hydrogen-bond acceptors (Lipinski definition) is 6. The number of hydrogen-bond donors (Lipinski definition) is 2. The monoisotopic (exact) mass is 409 g/mol. The van der Waals surface area contributed by atoms with Gasteiger partial charge < -0.3 is 16.0 Å². The molecule has 1 aliphatic heterocycles. The second-order valence-electron chi connectivity index (χ2n) is 7.51. The number of carbonyl (C=O) groups is 2. The number of rotatable bonds is 3. The Morgan fingerprint density at radius 3 is 2.62 bits per heavy atom. The van der Waals surface area contributed by atoms with Gasteiger partial charge in [-0.25, -0.2) is 0 Å². The van der Waals surface area contributed by atoms with Gasteiger partial charge in [0.15, 0.2) is 0 Å². The van der Waals surface area contributed by atoms with Crippen LogP contribution in [0.25, 0.3) is 10.2 Å². The molecule has 7 nitrogen and oxygen atoms in total. The zero-order valence-corrected chi connectivity index (χ0v) is 17.5. The van der Waals surface area contributed by atoms with Gasteiger partial charge in [-0.15, -0.1) is 16.4 Å². The summed E-state index contributed by atoms with van der Waals surface area (Å²) in [6.07, 6.45) is 0.714. The molecule has 0 saturated carbocycles. The minimum Gasteiger partial charge on any atom is -0.397 e. The molecule has 29 heavy (non-hydrogen) atoms. The topological polar surface area (TPSA) is 101 Å². The van der Waals surface area contributed by atoms with E-state index in [-0.39, 0.29) is 17.9 Å². The molecule has 1 atom stereocenters. The van der Waals surface area contributed by atoms with Gasteiger partial charge in [0, 0.05) is 30.1 Å². The first-order valence-electron chi connectivity index (χ1n) is 9.53. The van der Waals surface area contributed by atoms with Crippen LogP contribution in [-0.2, 0) is 0 Å². The summed E-state index contributed by atoms with van der Waals surface area (Å²) in [7, 11) is 0. The third-order valence-electron chi connectivity index (χ3n) is 5.45. The number of anilines is 1. The van der Waals surface area contributed by atoms with Crippen LogP contribution in [0.2, 0.25) is 0 Å². The lowest BCUT2D eigenvalue weighted by Gasteiger charge is -2.17. The van der Waals surface area contributed by atoms with E-state index in [1.807, 2.05) is 45.0 Å². The number of fused-ring (bicyclic) bond motifs is 1. The number of aromatic nitrogens is 2. The molecule has 0 radical (unpaired) electrons. The lowest BCUT2D eigenvalue weighted by molar-refractivity contribution is 0.0783. The molecule has 0 aliphatic carbocycles. The summed E-state index contributed by atoms with van der Waals surface area (Å²) in [5.74, 6) is -0.235. The second kappa shape index (κ2) is 7.44. The number of aryl methyl sites for hydroxylation is 3. The minimum absolute atomic E-state index is 0.00972. The standard InChI is InChI=1S/C21H23N5O2S/c1-11-4-6-14(7-5-11)21(28)26-9-8-15(10-26)23-19(27)18-17(22)16-12(2)13(3)24-25-20(16)29-18/h4-7,15H,8-10,22H2,1-3H3,(H,23,27). The van der Waals surface area contributed by atoms with Crippen molar-refractivity contribution in [1.29, 1.82) is 0 Å². The summed E-state index contributed by atoms with van der Waals surface area (Å²) in [6, 6.07) is 7.44. The first-order chi connectivity index (χ1) is 13.8. The first kappa shape index (κ1) is 19.3. The van der Waals surface area contributed by atoms with Crippen molar-refractivity contribution < 1.29 is 9.59 Å². The number of carbonyl (C=O) groups excluding carboxylic acids is 2. The van der Waals surface area contributed by atoms with Crippen LogP contribution < -0.4 is 11.1 Å². The number of nitrogens with zero attached hydrogens (tertiary/aromatic N) is 3. The number of nitrogens with one attached hydrogen (secondary N) is 1. The van der Waals surface area contributed by atoms with Crippen molar-refractivity contribution in [3.8, 4) is 0 Å². The van der Waals surface area contributed by atoms with Gasteiger partial charge in [0.25, 0.3) is 11.8 Å². The summed E-state index contributed by atoms with van der Waals surface area (Å²) in [6.45, 7) is 6.90. The maximum absolute atomic E-state index is 12.8. The SMILES string of the molecule is Cc1ccc(C(=O)N2CCC(NC(=O)c3sc4nnc(C)c(C)c4c3N)C2)cc1. The van der Waals surface area contributed by atoms with Gasteiger partial charge in [-0.05, 0) is 44.9 Å². The van der Waals surface area contributed by atoms with Crippen LogP contribution in [0.5, 0.6) is 0 Å². The number of benzene rings is 1. The van der Waals surface area contributed by atoms with E-state index >= 15 is 0 Å². The van der Waals surface area contributed by atoms with Crippen molar-refractivity contribution in [2.45, 2.75) is 33.2 Å². The Morgan fingerprint density at radius 1 is 1.17 bits per heavy atom. The van der Waals surface area contributed by atoms with Crippen molar-refractivity contribution >= 4 is 39.1 Å². The van der Waals surface area contributed by atoms with E-state index in [0.717, 1.165) is 22.2 Å². The fourth-order valence-corrected chi connectivity index (χ4v) is 4.61. The molecule has 1 saturated heterocycles. The van der Waals surface area contributed by atoms with Gasteiger partial charge in [0.1, 0.15) is 9.71 Å². The molecule has 4 rings (SSSR count). The number of amides is 2. The van der Waals surface area contributed by atoms with Gasteiger partial charge in [0.05, 0.1) is 11.4 Å². The Kier molecular flexibility index (Phi) is 4.96. The average molecular weight is 410 g/mol. The van der Waals surface area contributed by atoms with Gasteiger partial charge >= 0.3 is 0 Å². The molecular weight excluding hydrogens is 386 g/mol. The zero-order chi connectivity index (χ0) is 20.7. The Morgan fingerprint density at radius 2 is 1.90 bits per heavy atom. The molecule has 3 aromatic rings. The predicted molar refractivity (Wildman–Crippen MR) is 114 cm³/mol. The molecule has 1 unspecified atom stereocenters. The summed E-state index contributed by atoms with van der Waals surface area (Å²) in [5, 5.41) is 12.1. The van der Waals surface area contributed by atoms with E-state index in [4.69, 9.17) is 5.73 Å². The molecule has 2 amide bonds.